The van der Waals surface area contributed by atoms with E-state index in [0.717, 1.165) is 23.5 Å². The molecule has 0 saturated carbocycles. The van der Waals surface area contributed by atoms with Crippen molar-refractivity contribution in [2.45, 2.75) is 20.3 Å². The maximum atomic E-state index is 5.38. The van der Waals surface area contributed by atoms with Crippen LogP contribution in [0.4, 0.5) is 0 Å². The molecule has 2 aromatic heterocycles. The molecule has 3 rings (SSSR count). The van der Waals surface area contributed by atoms with Gasteiger partial charge in [-0.25, -0.2) is 4.98 Å². The first-order valence-electron chi connectivity index (χ1n) is 7.55. The molecular weight excluding hydrogens is 292 g/mol. The van der Waals surface area contributed by atoms with Crippen LogP contribution >= 0.6 is 0 Å². The summed E-state index contributed by atoms with van der Waals surface area (Å²) in [4.78, 5) is 8.81. The molecule has 0 spiro atoms. The van der Waals surface area contributed by atoms with E-state index in [4.69, 9.17) is 9.47 Å². The van der Waals surface area contributed by atoms with E-state index in [0.29, 0.717) is 23.2 Å². The second-order valence-electron chi connectivity index (χ2n) is 5.74. The van der Waals surface area contributed by atoms with Crippen LogP contribution in [0.1, 0.15) is 19.7 Å². The molecule has 0 unspecified atom stereocenters. The minimum absolute atomic E-state index is 0.497. The Morgan fingerprint density at radius 1 is 1.09 bits per heavy atom. The van der Waals surface area contributed by atoms with Crippen molar-refractivity contribution in [3.8, 4) is 22.8 Å². The minimum atomic E-state index is 0.497. The minimum Gasteiger partial charge on any atom is -0.493 e. The molecule has 0 aliphatic carbocycles. The van der Waals surface area contributed by atoms with Gasteiger partial charge in [-0.15, -0.1) is 5.10 Å². The molecule has 23 heavy (non-hydrogen) atoms. The summed E-state index contributed by atoms with van der Waals surface area (Å²) in [7, 11) is 3.25. The lowest BCUT2D eigenvalue weighted by atomic mass is 10.1. The van der Waals surface area contributed by atoms with Crippen LogP contribution in [0.5, 0.6) is 11.5 Å². The fourth-order valence-corrected chi connectivity index (χ4v) is 2.50. The second-order valence-corrected chi connectivity index (χ2v) is 5.74. The van der Waals surface area contributed by atoms with Crippen LogP contribution in [0.15, 0.2) is 30.5 Å². The summed E-state index contributed by atoms with van der Waals surface area (Å²) in [6, 6.07) is 7.70. The average molecular weight is 312 g/mol. The number of benzene rings is 1. The van der Waals surface area contributed by atoms with Crippen LogP contribution in [0.2, 0.25) is 0 Å². The van der Waals surface area contributed by atoms with Gasteiger partial charge >= 0.3 is 0 Å². The zero-order valence-corrected chi connectivity index (χ0v) is 13.8. The quantitative estimate of drug-likeness (QED) is 0.725. The lowest BCUT2D eigenvalue weighted by Crippen LogP contribution is -1.99. The van der Waals surface area contributed by atoms with Gasteiger partial charge in [-0.1, -0.05) is 13.8 Å². The molecule has 1 aromatic carbocycles. The number of nitrogens with zero attached hydrogens (tertiary/aromatic N) is 4. The first-order valence-corrected chi connectivity index (χ1v) is 7.55. The normalized spacial score (nSPS) is 11.2. The number of hydrogen-bond acceptors (Lipinski definition) is 5. The number of methoxy groups -OCH3 is 2. The van der Waals surface area contributed by atoms with Gasteiger partial charge in [0.15, 0.2) is 17.3 Å². The van der Waals surface area contributed by atoms with E-state index in [1.165, 1.54) is 0 Å². The van der Waals surface area contributed by atoms with Gasteiger partial charge in [-0.3, -0.25) is 0 Å². The van der Waals surface area contributed by atoms with Gasteiger partial charge in [0.25, 0.3) is 5.78 Å². The molecule has 0 atom stereocenters. The van der Waals surface area contributed by atoms with Crippen LogP contribution < -0.4 is 9.47 Å². The van der Waals surface area contributed by atoms with Gasteiger partial charge in [0.2, 0.25) is 0 Å². The lowest BCUT2D eigenvalue weighted by molar-refractivity contribution is 0.355. The average Bonchev–Trinajstić information content (AvgIpc) is 2.95. The van der Waals surface area contributed by atoms with Crippen molar-refractivity contribution in [3.05, 3.63) is 36.3 Å². The fraction of sp³-hybridized carbons (Fsp3) is 0.353. The Morgan fingerprint density at radius 2 is 1.87 bits per heavy atom. The van der Waals surface area contributed by atoms with Crippen molar-refractivity contribution in [1.82, 2.24) is 19.6 Å². The Kier molecular flexibility index (Phi) is 4.14. The number of hydrogen-bond donors (Lipinski definition) is 0. The van der Waals surface area contributed by atoms with Crippen molar-refractivity contribution in [2.75, 3.05) is 14.2 Å². The van der Waals surface area contributed by atoms with E-state index in [-0.39, 0.29) is 0 Å². The highest BCUT2D eigenvalue weighted by Crippen LogP contribution is 2.32. The Bertz CT molecular complexity index is 827. The molecule has 6 nitrogen and oxygen atoms in total. The van der Waals surface area contributed by atoms with Crippen LogP contribution in [0.3, 0.4) is 0 Å². The molecule has 3 aromatic rings. The maximum absolute atomic E-state index is 5.38. The molecule has 0 amide bonds. The van der Waals surface area contributed by atoms with E-state index in [1.54, 1.807) is 24.9 Å². The summed E-state index contributed by atoms with van der Waals surface area (Å²) in [6.45, 7) is 4.29. The van der Waals surface area contributed by atoms with Crippen LogP contribution in [0.25, 0.3) is 17.0 Å². The molecular formula is C17H20N4O2. The van der Waals surface area contributed by atoms with Gasteiger partial charge in [0.1, 0.15) is 0 Å². The summed E-state index contributed by atoms with van der Waals surface area (Å²) in [5.41, 5.74) is 1.88. The fourth-order valence-electron chi connectivity index (χ4n) is 2.50. The topological polar surface area (TPSA) is 61.5 Å². The van der Waals surface area contributed by atoms with Gasteiger partial charge in [0.05, 0.1) is 19.9 Å². The third-order valence-corrected chi connectivity index (χ3v) is 3.55. The van der Waals surface area contributed by atoms with Crippen LogP contribution in [-0.4, -0.2) is 33.8 Å². The monoisotopic (exact) mass is 312 g/mol. The van der Waals surface area contributed by atoms with Crippen molar-refractivity contribution in [1.29, 1.82) is 0 Å². The first-order chi connectivity index (χ1) is 11.1. The van der Waals surface area contributed by atoms with Crippen molar-refractivity contribution in [3.63, 3.8) is 0 Å². The predicted octanol–water partition coefficient (Wildman–Crippen LogP) is 3.01. The maximum Gasteiger partial charge on any atom is 0.252 e. The van der Waals surface area contributed by atoms with E-state index >= 15 is 0 Å². The lowest BCUT2D eigenvalue weighted by Gasteiger charge is -2.10. The Labute approximate surface area is 135 Å². The second kappa shape index (κ2) is 6.24. The van der Waals surface area contributed by atoms with Crippen molar-refractivity contribution < 1.29 is 9.47 Å². The molecule has 2 heterocycles. The number of ether oxygens (including phenoxy) is 2. The standard InChI is InChI=1S/C17H20N4O2/c1-11(2)9-16-19-17-18-8-7-13(21(17)20-16)12-5-6-14(22-3)15(10-12)23-4/h5-8,10-11H,9H2,1-4H3. The van der Waals surface area contributed by atoms with E-state index < -0.39 is 0 Å². The highest BCUT2D eigenvalue weighted by atomic mass is 16.5. The Hall–Kier alpha value is -2.63. The third-order valence-electron chi connectivity index (χ3n) is 3.55. The van der Waals surface area contributed by atoms with Crippen molar-refractivity contribution in [2.24, 2.45) is 5.92 Å². The van der Waals surface area contributed by atoms with Gasteiger partial charge in [-0.2, -0.15) is 9.50 Å². The summed E-state index contributed by atoms with van der Waals surface area (Å²) in [5, 5.41) is 4.60. The molecule has 0 aliphatic rings. The van der Waals surface area contributed by atoms with E-state index in [1.807, 2.05) is 24.3 Å². The predicted molar refractivity (Wildman–Crippen MR) is 87.9 cm³/mol. The number of rotatable bonds is 5. The molecule has 0 aliphatic heterocycles. The molecule has 0 fully saturated rings. The van der Waals surface area contributed by atoms with Gasteiger partial charge < -0.3 is 9.47 Å². The summed E-state index contributed by atoms with van der Waals surface area (Å²) in [5.74, 6) is 3.28. The van der Waals surface area contributed by atoms with Crippen LogP contribution in [-0.2, 0) is 6.42 Å². The third kappa shape index (κ3) is 2.97. The molecule has 0 bridgehead atoms. The highest BCUT2D eigenvalue weighted by Gasteiger charge is 2.13. The molecule has 0 radical (unpaired) electrons. The summed E-state index contributed by atoms with van der Waals surface area (Å²) in [6.07, 6.45) is 2.57. The van der Waals surface area contributed by atoms with Crippen molar-refractivity contribution >= 4 is 5.78 Å². The van der Waals surface area contributed by atoms with Gasteiger partial charge in [0, 0.05) is 18.2 Å². The summed E-state index contributed by atoms with van der Waals surface area (Å²) >= 11 is 0. The van der Waals surface area contributed by atoms with E-state index in [9.17, 15) is 0 Å². The Morgan fingerprint density at radius 3 is 2.57 bits per heavy atom. The molecule has 120 valence electrons. The zero-order valence-electron chi connectivity index (χ0n) is 13.8. The smallest absolute Gasteiger partial charge is 0.252 e. The Balaban J connectivity index is 2.10. The molecule has 0 N–H and O–H groups in total. The number of aromatic nitrogens is 4. The summed E-state index contributed by atoms with van der Waals surface area (Å²) < 4.78 is 12.4. The van der Waals surface area contributed by atoms with Crippen LogP contribution in [0, 0.1) is 5.92 Å². The zero-order chi connectivity index (χ0) is 16.4. The molecule has 6 heteroatoms. The highest BCUT2D eigenvalue weighted by molar-refractivity contribution is 5.65. The largest absolute Gasteiger partial charge is 0.493 e. The molecule has 0 saturated heterocycles. The van der Waals surface area contributed by atoms with E-state index in [2.05, 4.69) is 28.9 Å². The number of fused-ring (bicyclic) bond motifs is 1. The van der Waals surface area contributed by atoms with Gasteiger partial charge in [-0.05, 0) is 30.2 Å². The first kappa shape index (κ1) is 15.3. The SMILES string of the molecule is COc1ccc(-c2ccnc3nc(CC(C)C)nn23)cc1OC.